The van der Waals surface area contributed by atoms with Gasteiger partial charge in [-0.2, -0.15) is 0 Å². The standard InChI is InChI=1S/C25H34ClN3O5S/c1-7-34-22-14-9-8-13-21(22)29(35(6,32)33)17-23(30)28(16-19-11-10-12-20(26)15-19)18(2)24(31)27-25(3,4)5/h8-15,18H,7,16-17H2,1-6H3,(H,27,31)/t18-/m0/s1. The van der Waals surface area contributed by atoms with Gasteiger partial charge in [-0.1, -0.05) is 35.9 Å². The normalized spacial score (nSPS) is 12.5. The number of para-hydroxylation sites is 2. The highest BCUT2D eigenvalue weighted by atomic mass is 35.5. The molecular weight excluding hydrogens is 490 g/mol. The van der Waals surface area contributed by atoms with E-state index in [9.17, 15) is 18.0 Å². The van der Waals surface area contributed by atoms with E-state index in [1.807, 2.05) is 20.8 Å². The zero-order valence-corrected chi connectivity index (χ0v) is 22.6. The molecule has 0 aromatic heterocycles. The maximum absolute atomic E-state index is 13.6. The number of nitrogens with one attached hydrogen (secondary N) is 1. The first kappa shape index (κ1) is 28.5. The van der Waals surface area contributed by atoms with Crippen LogP contribution >= 0.6 is 11.6 Å². The van der Waals surface area contributed by atoms with Crippen LogP contribution in [0.2, 0.25) is 5.02 Å². The monoisotopic (exact) mass is 523 g/mol. The van der Waals surface area contributed by atoms with Crippen LogP contribution in [0, 0.1) is 0 Å². The lowest BCUT2D eigenvalue weighted by molar-refractivity contribution is -0.140. The van der Waals surface area contributed by atoms with E-state index < -0.39 is 34.1 Å². The number of halogens is 1. The number of carbonyl (C=O) groups excluding carboxylic acids is 2. The van der Waals surface area contributed by atoms with Gasteiger partial charge < -0.3 is 15.0 Å². The van der Waals surface area contributed by atoms with Gasteiger partial charge in [-0.05, 0) is 64.4 Å². The number of benzene rings is 2. The molecule has 0 aliphatic rings. The van der Waals surface area contributed by atoms with E-state index >= 15 is 0 Å². The van der Waals surface area contributed by atoms with Gasteiger partial charge in [0.25, 0.3) is 0 Å². The zero-order chi connectivity index (χ0) is 26.4. The summed E-state index contributed by atoms with van der Waals surface area (Å²) in [6, 6.07) is 12.7. The van der Waals surface area contributed by atoms with Crippen molar-refractivity contribution in [1.82, 2.24) is 10.2 Å². The van der Waals surface area contributed by atoms with Crippen molar-refractivity contribution < 1.29 is 22.7 Å². The summed E-state index contributed by atoms with van der Waals surface area (Å²) in [5, 5.41) is 3.37. The first-order valence-electron chi connectivity index (χ1n) is 11.3. The molecule has 0 aliphatic heterocycles. The molecule has 2 aromatic rings. The Bertz CT molecular complexity index is 1150. The molecule has 2 rings (SSSR count). The Morgan fingerprint density at radius 2 is 1.77 bits per heavy atom. The molecule has 2 aromatic carbocycles. The number of hydrogen-bond acceptors (Lipinski definition) is 5. The molecule has 1 atom stereocenters. The van der Waals surface area contributed by atoms with E-state index in [0.29, 0.717) is 22.9 Å². The van der Waals surface area contributed by atoms with Crippen molar-refractivity contribution in [3.63, 3.8) is 0 Å². The molecule has 192 valence electrons. The minimum atomic E-state index is -3.86. The fraction of sp³-hybridized carbons (Fsp3) is 0.440. The third-order valence-corrected chi connectivity index (χ3v) is 6.38. The van der Waals surface area contributed by atoms with Gasteiger partial charge in [0.2, 0.25) is 21.8 Å². The molecular formula is C25H34ClN3O5S. The number of anilines is 1. The smallest absolute Gasteiger partial charge is 0.244 e. The largest absolute Gasteiger partial charge is 0.492 e. The molecule has 0 unspecified atom stereocenters. The molecule has 0 radical (unpaired) electrons. The highest BCUT2D eigenvalue weighted by Crippen LogP contribution is 2.30. The van der Waals surface area contributed by atoms with E-state index in [1.165, 1.54) is 4.90 Å². The van der Waals surface area contributed by atoms with Crippen molar-refractivity contribution in [2.75, 3.05) is 23.7 Å². The van der Waals surface area contributed by atoms with E-state index in [-0.39, 0.29) is 18.1 Å². The summed E-state index contributed by atoms with van der Waals surface area (Å²) >= 11 is 6.12. The van der Waals surface area contributed by atoms with E-state index in [4.69, 9.17) is 16.3 Å². The Hall–Kier alpha value is -2.78. The molecule has 0 saturated carbocycles. The first-order valence-corrected chi connectivity index (χ1v) is 13.5. The summed E-state index contributed by atoms with van der Waals surface area (Å²) in [5.41, 5.74) is 0.451. The lowest BCUT2D eigenvalue weighted by atomic mass is 10.1. The Labute approximate surface area is 213 Å². The van der Waals surface area contributed by atoms with Crippen LogP contribution in [0.4, 0.5) is 5.69 Å². The molecule has 0 bridgehead atoms. The fourth-order valence-electron chi connectivity index (χ4n) is 3.42. The second-order valence-corrected chi connectivity index (χ2v) is 11.6. The predicted octanol–water partition coefficient (Wildman–Crippen LogP) is 3.84. The summed E-state index contributed by atoms with van der Waals surface area (Å²) in [6.07, 6.45) is 1.03. The van der Waals surface area contributed by atoms with E-state index in [2.05, 4.69) is 5.32 Å². The van der Waals surface area contributed by atoms with Crippen molar-refractivity contribution in [1.29, 1.82) is 0 Å². The number of sulfonamides is 1. The molecule has 0 aliphatic carbocycles. The van der Waals surface area contributed by atoms with Crippen LogP contribution in [0.1, 0.15) is 40.2 Å². The van der Waals surface area contributed by atoms with Gasteiger partial charge in [0.15, 0.2) is 0 Å². The van der Waals surface area contributed by atoms with Crippen LogP contribution in [0.5, 0.6) is 5.75 Å². The molecule has 0 fully saturated rings. The van der Waals surface area contributed by atoms with Crippen LogP contribution < -0.4 is 14.4 Å². The number of amides is 2. The first-order chi connectivity index (χ1) is 16.2. The molecule has 10 heteroatoms. The van der Waals surface area contributed by atoms with Crippen molar-refractivity contribution in [3.8, 4) is 5.75 Å². The van der Waals surface area contributed by atoms with Crippen molar-refractivity contribution in [2.24, 2.45) is 0 Å². The van der Waals surface area contributed by atoms with Gasteiger partial charge in [0.1, 0.15) is 18.3 Å². The molecule has 1 N–H and O–H groups in total. The summed E-state index contributed by atoms with van der Waals surface area (Å²) in [4.78, 5) is 27.9. The minimum absolute atomic E-state index is 0.0723. The Morgan fingerprint density at radius 1 is 1.11 bits per heavy atom. The van der Waals surface area contributed by atoms with E-state index in [0.717, 1.165) is 10.6 Å². The maximum Gasteiger partial charge on any atom is 0.244 e. The van der Waals surface area contributed by atoms with Gasteiger partial charge in [0.05, 0.1) is 18.6 Å². The lowest BCUT2D eigenvalue weighted by Gasteiger charge is -2.33. The van der Waals surface area contributed by atoms with Gasteiger partial charge in [0, 0.05) is 17.1 Å². The van der Waals surface area contributed by atoms with Crippen molar-refractivity contribution >= 4 is 39.1 Å². The topological polar surface area (TPSA) is 96.0 Å². The van der Waals surface area contributed by atoms with Crippen LogP contribution in [-0.2, 0) is 26.2 Å². The molecule has 2 amide bonds. The molecule has 0 saturated heterocycles. The highest BCUT2D eigenvalue weighted by molar-refractivity contribution is 7.92. The second-order valence-electron chi connectivity index (χ2n) is 9.24. The Kier molecular flexibility index (Phi) is 9.57. The average Bonchev–Trinajstić information content (AvgIpc) is 2.74. The number of rotatable bonds is 10. The van der Waals surface area contributed by atoms with Crippen LogP contribution in [-0.4, -0.2) is 56.1 Å². The predicted molar refractivity (Wildman–Crippen MR) is 139 cm³/mol. The van der Waals surface area contributed by atoms with Gasteiger partial charge >= 0.3 is 0 Å². The second kappa shape index (κ2) is 11.8. The van der Waals surface area contributed by atoms with Gasteiger partial charge in [-0.25, -0.2) is 8.42 Å². The maximum atomic E-state index is 13.6. The third-order valence-electron chi connectivity index (χ3n) is 5.02. The minimum Gasteiger partial charge on any atom is -0.492 e. The molecule has 0 spiro atoms. The van der Waals surface area contributed by atoms with Gasteiger partial charge in [-0.15, -0.1) is 0 Å². The number of nitrogens with zero attached hydrogens (tertiary/aromatic N) is 2. The van der Waals surface area contributed by atoms with Crippen LogP contribution in [0.3, 0.4) is 0 Å². The van der Waals surface area contributed by atoms with E-state index in [1.54, 1.807) is 62.4 Å². The van der Waals surface area contributed by atoms with Gasteiger partial charge in [-0.3, -0.25) is 13.9 Å². The summed E-state index contributed by atoms with van der Waals surface area (Å²) in [7, 11) is -3.86. The number of hydrogen-bond donors (Lipinski definition) is 1. The summed E-state index contributed by atoms with van der Waals surface area (Å²) < 4.78 is 32.1. The molecule has 35 heavy (non-hydrogen) atoms. The Morgan fingerprint density at radius 3 is 2.34 bits per heavy atom. The quantitative estimate of drug-likeness (QED) is 0.510. The average molecular weight is 524 g/mol. The highest BCUT2D eigenvalue weighted by Gasteiger charge is 2.32. The van der Waals surface area contributed by atoms with Crippen LogP contribution in [0.25, 0.3) is 0 Å². The number of carbonyl (C=O) groups is 2. The summed E-state index contributed by atoms with van der Waals surface area (Å²) in [5.74, 6) is -0.556. The summed E-state index contributed by atoms with van der Waals surface area (Å²) in [6.45, 7) is 8.83. The van der Waals surface area contributed by atoms with Crippen molar-refractivity contribution in [3.05, 3.63) is 59.1 Å². The molecule has 0 heterocycles. The number of ether oxygens (including phenoxy) is 1. The lowest BCUT2D eigenvalue weighted by Crippen LogP contribution is -2.54. The Balaban J connectivity index is 2.45. The SMILES string of the molecule is CCOc1ccccc1N(CC(=O)N(Cc1cccc(Cl)c1)[C@@H](C)C(=O)NC(C)(C)C)S(C)(=O)=O. The third kappa shape index (κ3) is 8.43. The fourth-order valence-corrected chi connectivity index (χ4v) is 4.49. The molecule has 8 nitrogen and oxygen atoms in total. The van der Waals surface area contributed by atoms with Crippen molar-refractivity contribution in [2.45, 2.75) is 52.7 Å². The van der Waals surface area contributed by atoms with Crippen LogP contribution in [0.15, 0.2) is 48.5 Å². The zero-order valence-electron chi connectivity index (χ0n) is 21.0.